The first-order valence-electron chi connectivity index (χ1n) is 12.6. The summed E-state index contributed by atoms with van der Waals surface area (Å²) in [5, 5.41) is 20.2. The van der Waals surface area contributed by atoms with Crippen molar-refractivity contribution in [2.75, 3.05) is 0 Å². The van der Waals surface area contributed by atoms with Crippen LogP contribution in [0.5, 0.6) is 0 Å². The summed E-state index contributed by atoms with van der Waals surface area (Å²) in [7, 11) is 0. The van der Waals surface area contributed by atoms with Crippen molar-refractivity contribution < 1.29 is 0 Å². The van der Waals surface area contributed by atoms with E-state index in [0.717, 1.165) is 17.0 Å². The number of hydrogen-bond donors (Lipinski definition) is 0. The van der Waals surface area contributed by atoms with Gasteiger partial charge in [0.15, 0.2) is 0 Å². The molecule has 4 aliphatic rings. The van der Waals surface area contributed by atoms with Crippen LogP contribution >= 0.6 is 0 Å². The Morgan fingerprint density at radius 2 is 1.47 bits per heavy atom. The zero-order valence-corrected chi connectivity index (χ0v) is 19.1. The van der Waals surface area contributed by atoms with Crippen molar-refractivity contribution in [3.05, 3.63) is 34.4 Å². The smallest absolute Gasteiger partial charge is 0.101 e. The summed E-state index contributed by atoms with van der Waals surface area (Å²) >= 11 is 0. The van der Waals surface area contributed by atoms with E-state index in [4.69, 9.17) is 0 Å². The molecule has 4 fully saturated rings. The molecule has 160 valence electrons. The van der Waals surface area contributed by atoms with Crippen LogP contribution in [0.4, 0.5) is 0 Å². The Bertz CT molecular complexity index is 820. The fraction of sp³-hybridized carbons (Fsp3) is 0.714. The maximum atomic E-state index is 10.2. The number of nitrogens with zero attached hydrogens (tertiary/aromatic N) is 2. The summed E-state index contributed by atoms with van der Waals surface area (Å²) in [4.78, 5) is 0. The van der Waals surface area contributed by atoms with Crippen LogP contribution in [0.25, 0.3) is 0 Å². The van der Waals surface area contributed by atoms with Gasteiger partial charge < -0.3 is 0 Å². The quantitative estimate of drug-likeness (QED) is 0.485. The van der Waals surface area contributed by atoms with Crippen LogP contribution in [0.3, 0.4) is 0 Å². The van der Waals surface area contributed by atoms with Crippen LogP contribution in [0.2, 0.25) is 0 Å². The summed E-state index contributed by atoms with van der Waals surface area (Å²) in [6.45, 7) is 4.59. The average Bonchev–Trinajstić information content (AvgIpc) is 2.80. The zero-order valence-electron chi connectivity index (χ0n) is 19.1. The van der Waals surface area contributed by atoms with E-state index in [9.17, 15) is 10.5 Å². The number of rotatable bonds is 6. The van der Waals surface area contributed by atoms with Crippen LogP contribution in [-0.4, -0.2) is 0 Å². The molecule has 0 spiro atoms. The molecule has 30 heavy (non-hydrogen) atoms. The Morgan fingerprint density at radius 3 is 2.00 bits per heavy atom. The minimum atomic E-state index is 0.142. The number of fused-ring (bicyclic) bond motifs is 3. The molecule has 0 amide bonds. The van der Waals surface area contributed by atoms with E-state index < -0.39 is 0 Å². The second-order valence-corrected chi connectivity index (χ2v) is 10.7. The normalized spacial score (nSPS) is 33.1. The molecular formula is C28H38N2. The molecule has 2 bridgehead atoms. The highest BCUT2D eigenvalue weighted by Crippen LogP contribution is 2.60. The van der Waals surface area contributed by atoms with Gasteiger partial charge in [-0.3, -0.25) is 0 Å². The van der Waals surface area contributed by atoms with Gasteiger partial charge in [-0.15, -0.1) is 0 Å². The summed E-state index contributed by atoms with van der Waals surface area (Å²) in [6.07, 6.45) is 17.7. The van der Waals surface area contributed by atoms with Gasteiger partial charge >= 0.3 is 0 Å². The third-order valence-corrected chi connectivity index (χ3v) is 9.20. The standard InChI is InChI=1S/C28H38N2/c1-3-5-21-6-8-22(9-7-21)23-10-11-26(25(20-30)24(23)19-29)28-16-13-27(12-4-2,14-17-28)15-18-28/h10-11,21-22H,3-9,12-18H2,1-2H3. The fourth-order valence-corrected chi connectivity index (χ4v) is 7.38. The molecule has 0 N–H and O–H groups in total. The Hall–Kier alpha value is -1.80. The molecule has 0 heterocycles. The van der Waals surface area contributed by atoms with Gasteiger partial charge in [0.25, 0.3) is 0 Å². The van der Waals surface area contributed by atoms with E-state index in [2.05, 4.69) is 38.1 Å². The van der Waals surface area contributed by atoms with Crippen molar-refractivity contribution in [3.8, 4) is 12.1 Å². The second kappa shape index (κ2) is 8.75. The van der Waals surface area contributed by atoms with Crippen LogP contribution in [0.15, 0.2) is 12.1 Å². The fourth-order valence-electron chi connectivity index (χ4n) is 7.38. The van der Waals surface area contributed by atoms with Crippen molar-refractivity contribution in [1.29, 1.82) is 10.5 Å². The van der Waals surface area contributed by atoms with Gasteiger partial charge in [-0.1, -0.05) is 45.2 Å². The Kier molecular flexibility index (Phi) is 6.25. The molecule has 4 aliphatic carbocycles. The maximum absolute atomic E-state index is 10.2. The first-order valence-corrected chi connectivity index (χ1v) is 12.6. The van der Waals surface area contributed by atoms with Crippen molar-refractivity contribution in [2.45, 2.75) is 115 Å². The highest BCUT2D eigenvalue weighted by atomic mass is 14.5. The van der Waals surface area contributed by atoms with E-state index >= 15 is 0 Å². The number of hydrogen-bond acceptors (Lipinski definition) is 2. The molecule has 0 aliphatic heterocycles. The Labute approximate surface area is 183 Å². The SMILES string of the molecule is CCCC1CCC(c2ccc(C34CCC(CCC)(CC3)CC4)c(C#N)c2C#N)CC1. The third-order valence-electron chi connectivity index (χ3n) is 9.20. The van der Waals surface area contributed by atoms with Crippen LogP contribution < -0.4 is 0 Å². The predicted molar refractivity (Wildman–Crippen MR) is 122 cm³/mol. The maximum Gasteiger partial charge on any atom is 0.101 e. The number of nitriles is 2. The van der Waals surface area contributed by atoms with Gasteiger partial charge in [0.2, 0.25) is 0 Å². The lowest BCUT2D eigenvalue weighted by Crippen LogP contribution is -2.44. The third kappa shape index (κ3) is 3.68. The average molecular weight is 403 g/mol. The van der Waals surface area contributed by atoms with E-state index in [0.29, 0.717) is 16.9 Å². The molecule has 0 radical (unpaired) electrons. The van der Waals surface area contributed by atoms with E-state index in [-0.39, 0.29) is 5.41 Å². The van der Waals surface area contributed by atoms with Gasteiger partial charge in [-0.2, -0.15) is 10.5 Å². The second-order valence-electron chi connectivity index (χ2n) is 10.7. The highest BCUT2D eigenvalue weighted by Gasteiger charge is 2.49. The molecule has 0 atom stereocenters. The molecule has 2 nitrogen and oxygen atoms in total. The Balaban J connectivity index is 1.62. The lowest BCUT2D eigenvalue weighted by molar-refractivity contribution is 0.0319. The number of benzene rings is 1. The first-order chi connectivity index (χ1) is 14.6. The zero-order chi connectivity index (χ0) is 21.2. The molecule has 5 rings (SSSR count). The van der Waals surface area contributed by atoms with Crippen LogP contribution in [0, 0.1) is 34.0 Å². The molecule has 4 saturated carbocycles. The first kappa shape index (κ1) is 21.4. The molecule has 0 aromatic heterocycles. The summed E-state index contributed by atoms with van der Waals surface area (Å²) in [5.41, 5.74) is 4.50. The van der Waals surface area contributed by atoms with Crippen molar-refractivity contribution in [1.82, 2.24) is 0 Å². The monoisotopic (exact) mass is 402 g/mol. The van der Waals surface area contributed by atoms with E-state index in [1.54, 1.807) is 0 Å². The minimum Gasteiger partial charge on any atom is -0.192 e. The minimum absolute atomic E-state index is 0.142. The van der Waals surface area contributed by atoms with Gasteiger partial charge in [-0.25, -0.2) is 0 Å². The molecule has 2 heteroatoms. The van der Waals surface area contributed by atoms with Gasteiger partial charge in [0, 0.05) is 0 Å². The summed E-state index contributed by atoms with van der Waals surface area (Å²) in [5.74, 6) is 1.32. The highest BCUT2D eigenvalue weighted by molar-refractivity contribution is 5.58. The predicted octanol–water partition coefficient (Wildman–Crippen LogP) is 7.90. The topological polar surface area (TPSA) is 47.6 Å². The lowest BCUT2D eigenvalue weighted by atomic mass is 9.50. The van der Waals surface area contributed by atoms with Crippen molar-refractivity contribution in [2.24, 2.45) is 11.3 Å². The molecule has 1 aromatic rings. The van der Waals surface area contributed by atoms with Crippen LogP contribution in [-0.2, 0) is 5.41 Å². The summed E-state index contributed by atoms with van der Waals surface area (Å²) < 4.78 is 0. The molecule has 0 unspecified atom stereocenters. The molecule has 1 aromatic carbocycles. The van der Waals surface area contributed by atoms with Gasteiger partial charge in [0.1, 0.15) is 12.1 Å². The molecular weight excluding hydrogens is 364 g/mol. The van der Waals surface area contributed by atoms with Crippen molar-refractivity contribution in [3.63, 3.8) is 0 Å². The van der Waals surface area contributed by atoms with E-state index in [1.807, 2.05) is 0 Å². The largest absolute Gasteiger partial charge is 0.192 e. The summed E-state index contributed by atoms with van der Waals surface area (Å²) in [6, 6.07) is 9.51. The van der Waals surface area contributed by atoms with Gasteiger partial charge in [0.05, 0.1) is 11.1 Å². The Morgan fingerprint density at radius 1 is 0.833 bits per heavy atom. The van der Waals surface area contributed by atoms with E-state index in [1.165, 1.54) is 95.5 Å². The molecule has 0 saturated heterocycles. The van der Waals surface area contributed by atoms with Crippen LogP contribution in [0.1, 0.15) is 132 Å². The van der Waals surface area contributed by atoms with Crippen molar-refractivity contribution >= 4 is 0 Å². The lowest BCUT2D eigenvalue weighted by Gasteiger charge is -2.54. The van der Waals surface area contributed by atoms with Gasteiger partial charge in [-0.05, 0) is 104 Å².